The summed E-state index contributed by atoms with van der Waals surface area (Å²) >= 11 is 26.8. The van der Waals surface area contributed by atoms with Crippen molar-refractivity contribution >= 4 is 243 Å². The SMILES string of the molecule is C=CCC.C=CCC.CCCCc1cc(-c2cc(CC(CC)CCCC)c(Br)s2)sc1Br.CCCCc1cc(C)sc1-c1cc2ccc3c(ccc4cc(-c5sc(C)cc5CC(CC)CCCC)sc43)c2s1.Cc1cc2ccc3c(ccc4c[c]([Sn]([CH3])([CH3])[CH3])sc43)c2s1.Clc1ccccc1.PPP. The molecule has 13 rings (SSSR count). The van der Waals surface area contributed by atoms with Crippen molar-refractivity contribution in [3.8, 4) is 29.3 Å². The molecule has 0 saturated carbocycles. The van der Waals surface area contributed by atoms with Crippen molar-refractivity contribution < 1.29 is 0 Å². The number of rotatable bonds is 24. The molecule has 0 bridgehead atoms. The maximum Gasteiger partial charge on any atom is 0.0405 e. The van der Waals surface area contributed by atoms with Gasteiger partial charge in [0.15, 0.2) is 0 Å². The molecule has 4 atom stereocenters. The number of allylic oxidation sites excluding steroid dienone is 2. The normalized spacial score (nSPS) is 11.8. The molecule has 8 heterocycles. The van der Waals surface area contributed by atoms with Crippen LogP contribution in [0.3, 0.4) is 0 Å². The van der Waals surface area contributed by atoms with E-state index >= 15 is 0 Å². The van der Waals surface area contributed by atoms with Crippen LogP contribution in [-0.4, -0.2) is 18.4 Å². The first kappa shape index (κ1) is 88.3. The smallest absolute Gasteiger partial charge is 0.0405 e. The molecule has 15 heteroatoms. The zero-order valence-corrected chi connectivity index (χ0v) is 80.3. The van der Waals surface area contributed by atoms with Gasteiger partial charge in [-0.15, -0.1) is 99.0 Å². The van der Waals surface area contributed by atoms with Crippen LogP contribution in [0.2, 0.25) is 19.8 Å². The number of aryl methyl sites for hydroxylation is 5. The minimum absolute atomic E-state index is 0.791. The van der Waals surface area contributed by atoms with Crippen molar-refractivity contribution in [2.24, 2.45) is 11.8 Å². The summed E-state index contributed by atoms with van der Waals surface area (Å²) in [6, 6.07) is 47.6. The third-order valence-electron chi connectivity index (χ3n) is 18.3. The zero-order chi connectivity index (χ0) is 74.8. The summed E-state index contributed by atoms with van der Waals surface area (Å²) in [6.07, 6.45) is 26.3. The molecule has 0 spiro atoms. The molecule has 8 aromatic heterocycles. The summed E-state index contributed by atoms with van der Waals surface area (Å²) < 4.78 is 10.1. The van der Waals surface area contributed by atoms with Crippen LogP contribution in [0.15, 0.2) is 160 Å². The molecular weight excluding hydrogens is 1720 g/mol. The van der Waals surface area contributed by atoms with Gasteiger partial charge in [-0.25, -0.2) is 0 Å². The van der Waals surface area contributed by atoms with Crippen LogP contribution in [-0.2, 0) is 25.7 Å². The summed E-state index contributed by atoms with van der Waals surface area (Å²) in [6.45, 7) is 31.7. The molecule has 0 nitrogen and oxygen atoms in total. The third kappa shape index (κ3) is 25.6. The van der Waals surface area contributed by atoms with E-state index in [0.717, 1.165) is 37.7 Å². The summed E-state index contributed by atoms with van der Waals surface area (Å²) in [7, 11) is 6.06. The first-order valence-electron chi connectivity index (χ1n) is 37.2. The van der Waals surface area contributed by atoms with Gasteiger partial charge in [0.1, 0.15) is 0 Å². The van der Waals surface area contributed by atoms with Gasteiger partial charge >= 0.3 is 138 Å². The van der Waals surface area contributed by atoms with Crippen molar-refractivity contribution in [3.05, 3.63) is 202 Å². The second-order valence-electron chi connectivity index (χ2n) is 27.6. The Morgan fingerprint density at radius 2 is 0.816 bits per heavy atom. The van der Waals surface area contributed by atoms with Crippen molar-refractivity contribution in [1.29, 1.82) is 0 Å². The number of hydrogen-bond acceptors (Lipinski definition) is 8. The zero-order valence-electron chi connectivity index (χ0n) is 63.6. The molecule has 0 radical (unpaired) electrons. The molecule has 0 aliphatic heterocycles. The van der Waals surface area contributed by atoms with Gasteiger partial charge in [0.2, 0.25) is 0 Å². The molecule has 552 valence electrons. The van der Waals surface area contributed by atoms with Crippen LogP contribution < -0.4 is 2.89 Å². The fraction of sp³-hybridized carbons (Fsp3) is 0.386. The second-order valence-corrected chi connectivity index (χ2v) is 59.5. The predicted molar refractivity (Wildman–Crippen MR) is 508 cm³/mol. The minimum atomic E-state index is -1.98. The molecule has 0 N–H and O–H groups in total. The summed E-state index contributed by atoms with van der Waals surface area (Å²) in [4.78, 5) is 20.5. The Bertz CT molecular complexity index is 4710. The van der Waals surface area contributed by atoms with Gasteiger partial charge in [0.25, 0.3) is 0 Å². The number of unbranched alkanes of at least 4 members (excludes halogenated alkanes) is 4. The fourth-order valence-corrected chi connectivity index (χ4v) is 28.4. The van der Waals surface area contributed by atoms with E-state index in [4.69, 9.17) is 11.6 Å². The largest absolute Gasteiger partial charge is 0.110 e. The molecule has 0 fully saturated rings. The Labute approximate surface area is 685 Å². The molecule has 5 aromatic carbocycles. The van der Waals surface area contributed by atoms with Crippen LogP contribution in [0.5, 0.6) is 0 Å². The Morgan fingerprint density at radius 3 is 1.24 bits per heavy atom. The van der Waals surface area contributed by atoms with Gasteiger partial charge < -0.3 is 0 Å². The Balaban J connectivity index is 0.000000201. The quantitative estimate of drug-likeness (QED) is 0.0321. The van der Waals surface area contributed by atoms with Gasteiger partial charge in [-0.3, -0.25) is 0 Å². The topological polar surface area (TPSA) is 0 Å². The summed E-state index contributed by atoms with van der Waals surface area (Å²) in [5.41, 5.74) is 6.07. The first-order chi connectivity index (χ1) is 49.6. The maximum atomic E-state index is 5.54. The number of hydrogen-bond donors (Lipinski definition) is 0. The molecule has 0 saturated heterocycles. The second kappa shape index (κ2) is 45.4. The Morgan fingerprint density at radius 1 is 0.437 bits per heavy atom. The van der Waals surface area contributed by atoms with E-state index < -0.39 is 18.4 Å². The van der Waals surface area contributed by atoms with Gasteiger partial charge in [-0.05, 0) is 190 Å². The van der Waals surface area contributed by atoms with Crippen molar-refractivity contribution in [2.45, 2.75) is 207 Å². The molecule has 0 aliphatic carbocycles. The first-order valence-corrected chi connectivity index (χ1v) is 60.3. The third-order valence-corrected chi connectivity index (χ3v) is 39.3. The Hall–Kier alpha value is -1.92. The van der Waals surface area contributed by atoms with E-state index in [1.807, 2.05) is 133 Å². The monoisotopic (exact) mass is 1830 g/mol. The number of fused-ring (bicyclic) bond motifs is 10. The van der Waals surface area contributed by atoms with E-state index in [2.05, 4.69) is 251 Å². The van der Waals surface area contributed by atoms with Gasteiger partial charge in [-0.2, -0.15) is 0 Å². The van der Waals surface area contributed by atoms with Gasteiger partial charge in [0, 0.05) is 64.2 Å². The van der Waals surface area contributed by atoms with Gasteiger partial charge in [0.05, 0.1) is 7.57 Å². The number of benzene rings is 5. The van der Waals surface area contributed by atoms with E-state index in [-0.39, 0.29) is 0 Å². The van der Waals surface area contributed by atoms with Crippen LogP contribution >= 0.6 is 160 Å². The Kier molecular flexibility index (Phi) is 38.9. The number of thiophene rings is 8. The van der Waals surface area contributed by atoms with Crippen molar-refractivity contribution in [3.63, 3.8) is 0 Å². The summed E-state index contributed by atoms with van der Waals surface area (Å²) in [5.74, 6) is 1.61. The predicted octanol–water partition coefficient (Wildman–Crippen LogP) is 35.4. The average molecular weight is 1830 g/mol. The van der Waals surface area contributed by atoms with E-state index in [9.17, 15) is 0 Å². The van der Waals surface area contributed by atoms with Crippen LogP contribution in [0.25, 0.3) is 91.2 Å². The van der Waals surface area contributed by atoms with Crippen LogP contribution in [0.1, 0.15) is 182 Å². The van der Waals surface area contributed by atoms with Crippen molar-refractivity contribution in [1.82, 2.24) is 0 Å². The van der Waals surface area contributed by atoms with Crippen LogP contribution in [0.4, 0.5) is 0 Å². The molecule has 13 aromatic rings. The fourth-order valence-electron chi connectivity index (χ4n) is 12.4. The van der Waals surface area contributed by atoms with E-state index in [1.54, 1.807) is 8.46 Å². The van der Waals surface area contributed by atoms with Gasteiger partial charge in [-0.1, -0.05) is 194 Å². The molecule has 103 heavy (non-hydrogen) atoms. The molecule has 0 amide bonds. The van der Waals surface area contributed by atoms with Crippen LogP contribution in [0, 0.1) is 32.6 Å². The average Bonchev–Trinajstić information content (AvgIpc) is 1.62. The number of halogens is 3. The minimum Gasteiger partial charge on any atom is -0.110 e. The summed E-state index contributed by atoms with van der Waals surface area (Å²) in [5, 5.41) is 12.1. The van der Waals surface area contributed by atoms with E-state index in [0.29, 0.717) is 0 Å². The van der Waals surface area contributed by atoms with E-state index in [1.165, 1.54) is 233 Å². The standard InChI is InChI=1S/C36H40S4.C20H28Br2S2.C15H9S2.C6H5Cl.2C4H8.3CH3.H5P3.Sn/c1-6-9-11-24(8-3)19-28-18-23(5)38-36(28)32-21-27-14-16-29-30(34(27)40-32)15-13-26-20-31(39-33(26)29)35-25(12-10-7-2)17-22(4)37-35;1-4-7-9-14(6-3)11-16-13-18(24-20(16)22)17-12-15(10-8-5-2)19(21)23-17;1-9-8-11-3-5-12-13(15(11)17-9)4-2-10-6-7-16-14(10)12;7-6-4-2-1-3-5-6;2*1-3-4-2;;;;1-3-2;/h13-18,20-21,24H,6-12,19H2,1-5H3;12-14H,4-11H2,1-3H3;2-6,8H,1H3;1-5H;2*3H,1,4H2,2H3;3*1H3;3H,1-2H2;. The molecule has 0 aliphatic rings. The molecule has 4 unspecified atom stereocenters. The molecular formula is C88H112Br2ClP3S8Sn. The van der Waals surface area contributed by atoms with Crippen molar-refractivity contribution in [2.75, 3.05) is 0 Å². The maximum absolute atomic E-state index is 5.54.